The van der Waals surface area contributed by atoms with Gasteiger partial charge in [0.25, 0.3) is 0 Å². The number of carboxylic acids is 1. The van der Waals surface area contributed by atoms with Crippen LogP contribution >= 0.6 is 0 Å². The second-order valence-electron chi connectivity index (χ2n) is 4.88. The molecular weight excluding hydrogens is 228 g/mol. The molecule has 1 aliphatic rings. The third kappa shape index (κ3) is 2.35. The Balaban J connectivity index is 2.34. The number of hydrogen-bond donors (Lipinski definition) is 1. The molecule has 2 unspecified atom stereocenters. The van der Waals surface area contributed by atoms with E-state index in [1.165, 1.54) is 0 Å². The van der Waals surface area contributed by atoms with Crippen molar-refractivity contribution in [1.29, 1.82) is 0 Å². The number of carboxylic acid groups (broad SMARTS) is 1. The molecule has 18 heavy (non-hydrogen) atoms. The summed E-state index contributed by atoms with van der Waals surface area (Å²) in [5.41, 5.74) is 2.90. The van der Waals surface area contributed by atoms with Gasteiger partial charge in [-0.1, -0.05) is 36.8 Å². The maximum Gasteiger partial charge on any atom is 0.307 e. The van der Waals surface area contributed by atoms with Gasteiger partial charge in [-0.2, -0.15) is 0 Å². The van der Waals surface area contributed by atoms with Gasteiger partial charge in [0.15, 0.2) is 5.78 Å². The fraction of sp³-hybridized carbons (Fsp3) is 0.333. The lowest BCUT2D eigenvalue weighted by Gasteiger charge is -2.24. The molecule has 0 bridgehead atoms. The van der Waals surface area contributed by atoms with E-state index in [0.29, 0.717) is 6.42 Å². The Morgan fingerprint density at radius 1 is 1.28 bits per heavy atom. The van der Waals surface area contributed by atoms with E-state index in [2.05, 4.69) is 0 Å². The Labute approximate surface area is 106 Å². The van der Waals surface area contributed by atoms with E-state index in [1.54, 1.807) is 13.0 Å². The zero-order chi connectivity index (χ0) is 13.3. The number of ketones is 1. The van der Waals surface area contributed by atoms with Crippen LogP contribution in [0.2, 0.25) is 0 Å². The van der Waals surface area contributed by atoms with Gasteiger partial charge in [-0.25, -0.2) is 0 Å². The van der Waals surface area contributed by atoms with Gasteiger partial charge < -0.3 is 5.11 Å². The predicted octanol–water partition coefficient (Wildman–Crippen LogP) is 2.69. The Bertz CT molecular complexity index is 511. The van der Waals surface area contributed by atoms with Crippen LogP contribution < -0.4 is 0 Å². The van der Waals surface area contributed by atoms with Crippen LogP contribution in [0, 0.1) is 18.8 Å². The first-order valence-electron chi connectivity index (χ1n) is 6.03. The molecule has 3 nitrogen and oxygen atoms in total. The highest BCUT2D eigenvalue weighted by Crippen LogP contribution is 2.33. The van der Waals surface area contributed by atoms with Crippen molar-refractivity contribution in [3.05, 3.63) is 41.5 Å². The summed E-state index contributed by atoms with van der Waals surface area (Å²) in [6.45, 7) is 3.68. The lowest BCUT2D eigenvalue weighted by atomic mass is 9.78. The van der Waals surface area contributed by atoms with Crippen LogP contribution in [0.5, 0.6) is 0 Å². The third-order valence-electron chi connectivity index (χ3n) is 3.55. The topological polar surface area (TPSA) is 54.4 Å². The zero-order valence-electron chi connectivity index (χ0n) is 10.5. The Morgan fingerprint density at radius 2 is 1.89 bits per heavy atom. The van der Waals surface area contributed by atoms with Gasteiger partial charge >= 0.3 is 5.97 Å². The largest absolute Gasteiger partial charge is 0.481 e. The summed E-state index contributed by atoms with van der Waals surface area (Å²) in [6, 6.07) is 7.80. The van der Waals surface area contributed by atoms with Crippen molar-refractivity contribution < 1.29 is 14.7 Å². The molecule has 1 aliphatic carbocycles. The van der Waals surface area contributed by atoms with Crippen molar-refractivity contribution in [2.24, 2.45) is 11.8 Å². The van der Waals surface area contributed by atoms with E-state index in [9.17, 15) is 9.59 Å². The van der Waals surface area contributed by atoms with E-state index < -0.39 is 17.8 Å². The number of aliphatic carboxylic acids is 1. The molecule has 0 amide bonds. The fourth-order valence-corrected chi connectivity index (χ4v) is 2.24. The summed E-state index contributed by atoms with van der Waals surface area (Å²) in [6.07, 6.45) is 2.01. The number of hydrogen-bond acceptors (Lipinski definition) is 2. The smallest absolute Gasteiger partial charge is 0.307 e. The summed E-state index contributed by atoms with van der Waals surface area (Å²) < 4.78 is 0. The van der Waals surface area contributed by atoms with Crippen molar-refractivity contribution >= 4 is 17.3 Å². The number of allylic oxidation sites excluding steroid dienone is 2. The molecule has 2 atom stereocenters. The van der Waals surface area contributed by atoms with Crippen LogP contribution in [-0.4, -0.2) is 16.9 Å². The van der Waals surface area contributed by atoms with Gasteiger partial charge in [0.2, 0.25) is 0 Å². The van der Waals surface area contributed by atoms with Crippen LogP contribution in [-0.2, 0) is 9.59 Å². The minimum Gasteiger partial charge on any atom is -0.481 e. The number of carbonyl (C=O) groups excluding carboxylic acids is 1. The number of carbonyl (C=O) groups is 2. The maximum absolute atomic E-state index is 11.8. The van der Waals surface area contributed by atoms with Gasteiger partial charge in [-0.15, -0.1) is 0 Å². The van der Waals surface area contributed by atoms with E-state index in [-0.39, 0.29) is 5.78 Å². The van der Waals surface area contributed by atoms with Crippen molar-refractivity contribution in [2.75, 3.05) is 0 Å². The van der Waals surface area contributed by atoms with Crippen LogP contribution in [0.4, 0.5) is 0 Å². The molecule has 0 heterocycles. The monoisotopic (exact) mass is 244 g/mol. The second kappa shape index (κ2) is 4.77. The SMILES string of the molecule is Cc1ccc(C2=CC(=O)C(C)C(C(=O)O)C2)cc1. The van der Waals surface area contributed by atoms with Gasteiger partial charge in [-0.3, -0.25) is 9.59 Å². The first kappa shape index (κ1) is 12.6. The average molecular weight is 244 g/mol. The van der Waals surface area contributed by atoms with Crippen molar-refractivity contribution in [3.63, 3.8) is 0 Å². The highest BCUT2D eigenvalue weighted by molar-refractivity contribution is 6.02. The Hall–Kier alpha value is -1.90. The van der Waals surface area contributed by atoms with Gasteiger partial charge in [0.1, 0.15) is 0 Å². The van der Waals surface area contributed by atoms with Gasteiger partial charge in [0, 0.05) is 5.92 Å². The number of benzene rings is 1. The standard InChI is InChI=1S/C15H16O3/c1-9-3-5-11(6-4-9)12-7-13(15(17)18)10(2)14(16)8-12/h3-6,8,10,13H,7H2,1-2H3,(H,17,18). The average Bonchev–Trinajstić information content (AvgIpc) is 2.33. The molecule has 0 aromatic heterocycles. The van der Waals surface area contributed by atoms with Gasteiger partial charge in [0.05, 0.1) is 5.92 Å². The zero-order valence-corrected chi connectivity index (χ0v) is 10.5. The normalized spacial score (nSPS) is 23.7. The Morgan fingerprint density at radius 3 is 2.44 bits per heavy atom. The molecule has 0 saturated heterocycles. The predicted molar refractivity (Wildman–Crippen MR) is 69.1 cm³/mol. The minimum absolute atomic E-state index is 0.0933. The van der Waals surface area contributed by atoms with Crippen molar-refractivity contribution in [3.8, 4) is 0 Å². The molecule has 0 radical (unpaired) electrons. The summed E-state index contributed by atoms with van der Waals surface area (Å²) >= 11 is 0. The molecule has 1 aromatic rings. The number of rotatable bonds is 2. The molecule has 0 spiro atoms. The Kier molecular flexibility index (Phi) is 3.32. The van der Waals surface area contributed by atoms with Gasteiger partial charge in [-0.05, 0) is 30.6 Å². The summed E-state index contributed by atoms with van der Waals surface area (Å²) in [4.78, 5) is 23.0. The van der Waals surface area contributed by atoms with E-state index in [0.717, 1.165) is 16.7 Å². The molecular formula is C15H16O3. The van der Waals surface area contributed by atoms with Crippen LogP contribution in [0.3, 0.4) is 0 Å². The van der Waals surface area contributed by atoms with E-state index >= 15 is 0 Å². The van der Waals surface area contributed by atoms with Crippen molar-refractivity contribution in [1.82, 2.24) is 0 Å². The molecule has 1 N–H and O–H groups in total. The third-order valence-corrected chi connectivity index (χ3v) is 3.55. The molecule has 3 heteroatoms. The molecule has 1 aromatic carbocycles. The maximum atomic E-state index is 11.8. The van der Waals surface area contributed by atoms with Crippen molar-refractivity contribution in [2.45, 2.75) is 20.3 Å². The summed E-state index contributed by atoms with van der Waals surface area (Å²) in [5, 5.41) is 9.16. The van der Waals surface area contributed by atoms with Crippen LogP contribution in [0.1, 0.15) is 24.5 Å². The first-order valence-corrected chi connectivity index (χ1v) is 6.03. The summed E-state index contributed by atoms with van der Waals surface area (Å²) in [7, 11) is 0. The molecule has 0 aliphatic heterocycles. The quantitative estimate of drug-likeness (QED) is 0.870. The summed E-state index contributed by atoms with van der Waals surface area (Å²) in [5.74, 6) is -2.03. The lowest BCUT2D eigenvalue weighted by Crippen LogP contribution is -2.30. The molecule has 0 saturated carbocycles. The molecule has 0 fully saturated rings. The molecule has 2 rings (SSSR count). The molecule has 94 valence electrons. The minimum atomic E-state index is -0.895. The first-order chi connectivity index (χ1) is 8.49. The van der Waals surface area contributed by atoms with E-state index in [4.69, 9.17) is 5.11 Å². The van der Waals surface area contributed by atoms with E-state index in [1.807, 2.05) is 31.2 Å². The lowest BCUT2D eigenvalue weighted by molar-refractivity contribution is -0.145. The van der Waals surface area contributed by atoms with Crippen LogP contribution in [0.15, 0.2) is 30.3 Å². The highest BCUT2D eigenvalue weighted by atomic mass is 16.4. The highest BCUT2D eigenvalue weighted by Gasteiger charge is 2.33. The second-order valence-corrected chi connectivity index (χ2v) is 4.88. The van der Waals surface area contributed by atoms with Crippen LogP contribution in [0.25, 0.3) is 5.57 Å². The fourth-order valence-electron chi connectivity index (χ4n) is 2.24. The number of aryl methyl sites for hydroxylation is 1.